The van der Waals surface area contributed by atoms with Crippen LogP contribution in [0.2, 0.25) is 0 Å². The van der Waals surface area contributed by atoms with E-state index in [1.165, 1.54) is 6.20 Å². The number of nitrogens with two attached hydrogens (primary N) is 1. The number of nitrogens with zero attached hydrogens (tertiary/aromatic N) is 5. The molecule has 0 bridgehead atoms. The Morgan fingerprint density at radius 3 is 2.76 bits per heavy atom. The number of benzene rings is 1. The number of aryl methyl sites for hydroxylation is 1. The van der Waals surface area contributed by atoms with Crippen molar-refractivity contribution in [1.29, 1.82) is 0 Å². The van der Waals surface area contributed by atoms with E-state index in [1.54, 1.807) is 11.0 Å². The van der Waals surface area contributed by atoms with Crippen LogP contribution < -0.4 is 11.1 Å². The van der Waals surface area contributed by atoms with Crippen molar-refractivity contribution in [2.24, 2.45) is 5.92 Å². The summed E-state index contributed by atoms with van der Waals surface area (Å²) < 4.78 is 2.33. The second-order valence-electron chi connectivity index (χ2n) is 10.3. The first-order valence-corrected chi connectivity index (χ1v) is 13.5. The van der Waals surface area contributed by atoms with Gasteiger partial charge in [0.05, 0.1) is 29.0 Å². The number of carbonyl (C=O) groups is 2. The van der Waals surface area contributed by atoms with E-state index in [0.29, 0.717) is 30.4 Å². The fourth-order valence-electron chi connectivity index (χ4n) is 5.68. The first kappa shape index (κ1) is 25.2. The van der Waals surface area contributed by atoms with Gasteiger partial charge in [-0.05, 0) is 61.1 Å². The standard InChI is InChI=1S/C28H37N7O2/c1-4-19-14-21(16-30-26(19)29)31-27(36)28(37)35-17-18(3)6-8-23(35)20-7-9-24-22(15-20)32-25-10-11-33(5-2)12-13-34(24)25/h7,9,14-16,18,23H,4-6,8,10-13,17H2,1-3H3,(H2,29,30)(H,31,36)/t18-,23+/m0/s1. The fraction of sp³-hybridized carbons (Fsp3) is 0.500. The summed E-state index contributed by atoms with van der Waals surface area (Å²) in [5, 5.41) is 2.74. The summed E-state index contributed by atoms with van der Waals surface area (Å²) in [6.45, 7) is 10.9. The number of nitrogen functional groups attached to an aromatic ring is 1. The number of amides is 2. The number of pyridine rings is 1. The maximum Gasteiger partial charge on any atom is 0.313 e. The summed E-state index contributed by atoms with van der Waals surface area (Å²) in [6.07, 6.45) is 4.94. The van der Waals surface area contributed by atoms with Gasteiger partial charge in [0, 0.05) is 32.6 Å². The average molecular weight is 504 g/mol. The Labute approximate surface area is 218 Å². The molecule has 9 heteroatoms. The lowest BCUT2D eigenvalue weighted by Crippen LogP contribution is -2.46. The second-order valence-corrected chi connectivity index (χ2v) is 10.3. The van der Waals surface area contributed by atoms with Gasteiger partial charge in [0.25, 0.3) is 0 Å². The summed E-state index contributed by atoms with van der Waals surface area (Å²) in [7, 11) is 0. The maximum atomic E-state index is 13.4. The number of likely N-dealkylation sites (N-methyl/N-ethyl adjacent to an activating group) is 1. The largest absolute Gasteiger partial charge is 0.383 e. The number of hydrogen-bond acceptors (Lipinski definition) is 6. The number of aromatic nitrogens is 3. The minimum Gasteiger partial charge on any atom is -0.383 e. The molecule has 1 saturated heterocycles. The van der Waals surface area contributed by atoms with Gasteiger partial charge in [-0.3, -0.25) is 9.59 Å². The van der Waals surface area contributed by atoms with Crippen LogP contribution in [0.1, 0.15) is 56.6 Å². The summed E-state index contributed by atoms with van der Waals surface area (Å²) in [4.78, 5) is 39.8. The highest BCUT2D eigenvalue weighted by atomic mass is 16.2. The molecule has 1 fully saturated rings. The third kappa shape index (κ3) is 5.05. The highest BCUT2D eigenvalue weighted by Crippen LogP contribution is 2.35. The van der Waals surface area contributed by atoms with Gasteiger partial charge in [-0.15, -0.1) is 0 Å². The summed E-state index contributed by atoms with van der Waals surface area (Å²) in [5.74, 6) is 0.712. The Hall–Kier alpha value is -3.46. The third-order valence-electron chi connectivity index (χ3n) is 7.89. The fourth-order valence-corrected chi connectivity index (χ4v) is 5.68. The number of imidazole rings is 1. The lowest BCUT2D eigenvalue weighted by Gasteiger charge is -2.38. The van der Waals surface area contributed by atoms with Crippen molar-refractivity contribution in [3.8, 4) is 0 Å². The van der Waals surface area contributed by atoms with Crippen molar-refractivity contribution in [2.75, 3.05) is 37.2 Å². The van der Waals surface area contributed by atoms with Gasteiger partial charge < -0.3 is 25.4 Å². The molecule has 5 rings (SSSR count). The maximum absolute atomic E-state index is 13.4. The zero-order valence-electron chi connectivity index (χ0n) is 22.0. The van der Waals surface area contributed by atoms with Crippen molar-refractivity contribution in [3.05, 3.63) is 47.4 Å². The molecule has 2 aliphatic heterocycles. The Kier molecular flexibility index (Phi) is 7.15. The molecular formula is C28H37N7O2. The normalized spacial score (nSPS) is 20.5. The smallest absolute Gasteiger partial charge is 0.313 e. The van der Waals surface area contributed by atoms with E-state index in [0.717, 1.165) is 73.4 Å². The highest BCUT2D eigenvalue weighted by Gasteiger charge is 2.34. The van der Waals surface area contributed by atoms with Gasteiger partial charge in [-0.2, -0.15) is 0 Å². The number of nitrogens with one attached hydrogen (secondary N) is 1. The molecule has 2 aromatic heterocycles. The van der Waals surface area contributed by atoms with Crippen molar-refractivity contribution < 1.29 is 9.59 Å². The molecule has 196 valence electrons. The topological polar surface area (TPSA) is 109 Å². The monoisotopic (exact) mass is 503 g/mol. The lowest BCUT2D eigenvalue weighted by molar-refractivity contribution is -0.146. The molecular weight excluding hydrogens is 466 g/mol. The predicted octanol–water partition coefficient (Wildman–Crippen LogP) is 3.39. The Morgan fingerprint density at radius 1 is 1.14 bits per heavy atom. The number of anilines is 2. The van der Waals surface area contributed by atoms with E-state index in [1.807, 2.05) is 6.92 Å². The number of hydrogen-bond donors (Lipinski definition) is 2. The van der Waals surface area contributed by atoms with Crippen LogP contribution in [-0.2, 0) is 29.0 Å². The van der Waals surface area contributed by atoms with Crippen LogP contribution >= 0.6 is 0 Å². The predicted molar refractivity (Wildman–Crippen MR) is 145 cm³/mol. The molecule has 0 unspecified atom stereocenters. The van der Waals surface area contributed by atoms with E-state index in [4.69, 9.17) is 10.7 Å². The number of piperidine rings is 1. The van der Waals surface area contributed by atoms with Crippen LogP contribution in [0.5, 0.6) is 0 Å². The number of rotatable bonds is 4. The molecule has 2 amide bonds. The molecule has 0 aliphatic carbocycles. The SMILES string of the molecule is CCc1cc(NC(=O)C(=O)N2C[C@@H](C)CC[C@@H]2c2ccc3c(c2)nc2n3CCN(CC)CC2)cnc1N. The molecule has 4 heterocycles. The zero-order valence-corrected chi connectivity index (χ0v) is 22.0. The molecule has 1 aromatic carbocycles. The van der Waals surface area contributed by atoms with Crippen LogP contribution in [0.15, 0.2) is 30.5 Å². The van der Waals surface area contributed by atoms with E-state index in [-0.39, 0.29) is 6.04 Å². The van der Waals surface area contributed by atoms with Crippen LogP contribution in [0.25, 0.3) is 11.0 Å². The summed E-state index contributed by atoms with van der Waals surface area (Å²) in [6, 6.07) is 7.98. The molecule has 9 nitrogen and oxygen atoms in total. The molecule has 2 aliphatic rings. The third-order valence-corrected chi connectivity index (χ3v) is 7.89. The quantitative estimate of drug-likeness (QED) is 0.528. The van der Waals surface area contributed by atoms with Gasteiger partial charge >= 0.3 is 11.8 Å². The van der Waals surface area contributed by atoms with E-state index in [9.17, 15) is 9.59 Å². The van der Waals surface area contributed by atoms with Gasteiger partial charge in [0.2, 0.25) is 0 Å². The molecule has 3 aromatic rings. The minimum absolute atomic E-state index is 0.160. The van der Waals surface area contributed by atoms with Gasteiger partial charge in [-0.25, -0.2) is 9.97 Å². The van der Waals surface area contributed by atoms with Crippen LogP contribution in [-0.4, -0.2) is 62.3 Å². The van der Waals surface area contributed by atoms with E-state index >= 15 is 0 Å². The Balaban J connectivity index is 1.38. The minimum atomic E-state index is -0.650. The zero-order chi connectivity index (χ0) is 26.1. The van der Waals surface area contributed by atoms with Crippen LogP contribution in [0.3, 0.4) is 0 Å². The summed E-state index contributed by atoms with van der Waals surface area (Å²) >= 11 is 0. The number of fused-ring (bicyclic) bond motifs is 3. The number of likely N-dealkylation sites (tertiary alicyclic amines) is 1. The molecule has 3 N–H and O–H groups in total. The van der Waals surface area contributed by atoms with Crippen molar-refractivity contribution >= 4 is 34.4 Å². The first-order chi connectivity index (χ1) is 17.9. The van der Waals surface area contributed by atoms with Crippen molar-refractivity contribution in [1.82, 2.24) is 24.3 Å². The molecule has 2 atom stereocenters. The summed E-state index contributed by atoms with van der Waals surface area (Å²) in [5.41, 5.74) is 10.3. The van der Waals surface area contributed by atoms with E-state index in [2.05, 4.69) is 51.8 Å². The first-order valence-electron chi connectivity index (χ1n) is 13.5. The van der Waals surface area contributed by atoms with E-state index < -0.39 is 11.8 Å². The van der Waals surface area contributed by atoms with Gasteiger partial charge in [0.15, 0.2) is 0 Å². The number of carbonyl (C=O) groups excluding carboxylic acids is 2. The van der Waals surface area contributed by atoms with Crippen LogP contribution in [0.4, 0.5) is 11.5 Å². The molecule has 37 heavy (non-hydrogen) atoms. The highest BCUT2D eigenvalue weighted by molar-refractivity contribution is 6.39. The molecule has 0 saturated carbocycles. The molecule has 0 spiro atoms. The van der Waals surface area contributed by atoms with Gasteiger partial charge in [0.1, 0.15) is 11.6 Å². The second kappa shape index (κ2) is 10.5. The van der Waals surface area contributed by atoms with Crippen molar-refractivity contribution in [3.63, 3.8) is 0 Å². The van der Waals surface area contributed by atoms with Gasteiger partial charge in [-0.1, -0.05) is 26.8 Å². The Morgan fingerprint density at radius 2 is 1.97 bits per heavy atom. The Bertz CT molecular complexity index is 1320. The van der Waals surface area contributed by atoms with Crippen LogP contribution in [0, 0.1) is 5.92 Å². The average Bonchev–Trinajstić information content (AvgIpc) is 3.12. The van der Waals surface area contributed by atoms with Crippen molar-refractivity contribution in [2.45, 2.75) is 59.0 Å². The molecule has 0 radical (unpaired) electrons. The lowest BCUT2D eigenvalue weighted by atomic mass is 9.89.